The van der Waals surface area contributed by atoms with E-state index >= 15 is 0 Å². The molecule has 0 saturated carbocycles. The lowest BCUT2D eigenvalue weighted by atomic mass is 9.99. The third-order valence-electron chi connectivity index (χ3n) is 5.05. The van der Waals surface area contributed by atoms with Crippen LogP contribution in [-0.4, -0.2) is 18.0 Å². The first-order valence-corrected chi connectivity index (χ1v) is 10.4. The first-order valence-electron chi connectivity index (χ1n) is 9.68. The van der Waals surface area contributed by atoms with Crippen molar-refractivity contribution in [3.63, 3.8) is 0 Å². The number of nitrogens with zero attached hydrogens (tertiary/aromatic N) is 1. The van der Waals surface area contributed by atoms with E-state index < -0.39 is 0 Å². The Morgan fingerprint density at radius 3 is 2.39 bits per heavy atom. The Labute approximate surface area is 190 Å². The van der Waals surface area contributed by atoms with Crippen LogP contribution in [0.1, 0.15) is 21.5 Å². The Balaban J connectivity index is 1.86. The van der Waals surface area contributed by atoms with Gasteiger partial charge in [-0.3, -0.25) is 4.79 Å². The number of aryl methyl sites for hydroxylation is 2. The highest BCUT2D eigenvalue weighted by Crippen LogP contribution is 2.33. The van der Waals surface area contributed by atoms with Gasteiger partial charge in [-0.15, -0.1) is 0 Å². The zero-order valence-electron chi connectivity index (χ0n) is 17.3. The second-order valence-electron chi connectivity index (χ2n) is 7.34. The summed E-state index contributed by atoms with van der Waals surface area (Å²) in [5.74, 6) is 0.493. The number of methoxy groups -OCH3 is 1. The zero-order valence-corrected chi connectivity index (χ0v) is 18.8. The maximum atomic E-state index is 13.3. The number of hydrogen-bond donors (Lipinski definition) is 1. The number of pyridine rings is 1. The summed E-state index contributed by atoms with van der Waals surface area (Å²) < 4.78 is 5.18. The van der Waals surface area contributed by atoms with Crippen LogP contribution in [0.4, 0.5) is 5.69 Å². The van der Waals surface area contributed by atoms with E-state index in [2.05, 4.69) is 5.32 Å². The van der Waals surface area contributed by atoms with E-state index in [1.807, 2.05) is 32.0 Å². The number of nitrogens with one attached hydrogen (secondary N) is 1. The Morgan fingerprint density at radius 2 is 1.71 bits per heavy atom. The minimum absolute atomic E-state index is 0.228. The smallest absolute Gasteiger partial charge is 0.256 e. The van der Waals surface area contributed by atoms with E-state index in [1.165, 1.54) is 0 Å². The van der Waals surface area contributed by atoms with Gasteiger partial charge in [0.15, 0.2) is 0 Å². The van der Waals surface area contributed by atoms with Gasteiger partial charge in [-0.05, 0) is 74.0 Å². The lowest BCUT2D eigenvalue weighted by Gasteiger charge is -2.14. The van der Waals surface area contributed by atoms with Crippen molar-refractivity contribution in [2.24, 2.45) is 0 Å². The van der Waals surface area contributed by atoms with E-state index in [0.29, 0.717) is 32.6 Å². The summed E-state index contributed by atoms with van der Waals surface area (Å²) in [7, 11) is 1.60. The van der Waals surface area contributed by atoms with Crippen LogP contribution >= 0.6 is 23.2 Å². The maximum Gasteiger partial charge on any atom is 0.256 e. The van der Waals surface area contributed by atoms with Crippen molar-refractivity contribution in [2.45, 2.75) is 13.8 Å². The van der Waals surface area contributed by atoms with Gasteiger partial charge in [0.25, 0.3) is 5.91 Å². The maximum absolute atomic E-state index is 13.3. The van der Waals surface area contributed by atoms with Crippen molar-refractivity contribution in [1.82, 2.24) is 4.98 Å². The number of amides is 1. The van der Waals surface area contributed by atoms with Gasteiger partial charge in [-0.2, -0.15) is 0 Å². The number of carbonyl (C=O) groups is 1. The van der Waals surface area contributed by atoms with Gasteiger partial charge in [0.05, 0.1) is 28.9 Å². The van der Waals surface area contributed by atoms with Crippen LogP contribution in [0.3, 0.4) is 0 Å². The molecule has 156 valence electrons. The minimum Gasteiger partial charge on any atom is -0.497 e. The number of halogens is 2. The van der Waals surface area contributed by atoms with E-state index in [9.17, 15) is 4.79 Å². The number of aromatic nitrogens is 1. The molecule has 1 heterocycles. The summed E-state index contributed by atoms with van der Waals surface area (Å²) in [6.07, 6.45) is 0. The number of carbonyl (C=O) groups excluding carboxylic acids is 1. The molecule has 0 aliphatic heterocycles. The molecule has 0 saturated heterocycles. The highest BCUT2D eigenvalue weighted by Gasteiger charge is 2.17. The number of benzene rings is 3. The van der Waals surface area contributed by atoms with E-state index in [4.69, 9.17) is 32.9 Å². The summed E-state index contributed by atoms with van der Waals surface area (Å²) in [4.78, 5) is 18.1. The Kier molecular flexibility index (Phi) is 5.86. The molecule has 0 atom stereocenters. The third-order valence-corrected chi connectivity index (χ3v) is 5.60. The number of hydrogen-bond acceptors (Lipinski definition) is 3. The normalized spacial score (nSPS) is 10.9. The average Bonchev–Trinajstić information content (AvgIpc) is 2.74. The molecule has 1 aromatic heterocycles. The molecule has 4 aromatic rings. The summed E-state index contributed by atoms with van der Waals surface area (Å²) >= 11 is 12.5. The van der Waals surface area contributed by atoms with Gasteiger partial charge < -0.3 is 10.1 Å². The Hall–Kier alpha value is -3.08. The third kappa shape index (κ3) is 4.36. The van der Waals surface area contributed by atoms with Gasteiger partial charge in [-0.1, -0.05) is 34.8 Å². The van der Waals surface area contributed by atoms with E-state index in [0.717, 1.165) is 27.8 Å². The van der Waals surface area contributed by atoms with Crippen molar-refractivity contribution >= 4 is 45.7 Å². The largest absolute Gasteiger partial charge is 0.497 e. The number of fused-ring (bicyclic) bond motifs is 1. The molecule has 0 bridgehead atoms. The molecule has 0 spiro atoms. The fraction of sp³-hybridized carbons (Fsp3) is 0.120. The fourth-order valence-electron chi connectivity index (χ4n) is 3.58. The van der Waals surface area contributed by atoms with Crippen LogP contribution in [0.5, 0.6) is 5.75 Å². The topological polar surface area (TPSA) is 51.2 Å². The Morgan fingerprint density at radius 1 is 0.968 bits per heavy atom. The lowest BCUT2D eigenvalue weighted by molar-refractivity contribution is 0.102. The summed E-state index contributed by atoms with van der Waals surface area (Å²) in [5, 5.41) is 4.77. The quantitative estimate of drug-likeness (QED) is 0.361. The molecule has 1 amide bonds. The van der Waals surface area contributed by atoms with Gasteiger partial charge in [0.1, 0.15) is 5.75 Å². The van der Waals surface area contributed by atoms with Crippen molar-refractivity contribution in [3.05, 3.63) is 87.4 Å². The van der Waals surface area contributed by atoms with Gasteiger partial charge >= 0.3 is 0 Å². The number of rotatable bonds is 4. The summed E-state index contributed by atoms with van der Waals surface area (Å²) in [6, 6.07) is 18.2. The SMILES string of the molecule is COc1ccc(NC(=O)c2cc(-c3ccc(Cl)cc3Cl)nc3c(C)cc(C)cc23)cc1. The Bertz CT molecular complexity index is 1300. The number of ether oxygens (including phenoxy) is 1. The molecule has 4 rings (SSSR count). The first kappa shape index (κ1) is 21.2. The molecule has 1 N–H and O–H groups in total. The first-order chi connectivity index (χ1) is 14.9. The van der Waals surface area contributed by atoms with Crippen molar-refractivity contribution < 1.29 is 9.53 Å². The number of anilines is 1. The summed E-state index contributed by atoms with van der Waals surface area (Å²) in [6.45, 7) is 3.99. The highest BCUT2D eigenvalue weighted by molar-refractivity contribution is 6.36. The van der Waals surface area contributed by atoms with Crippen molar-refractivity contribution in [1.29, 1.82) is 0 Å². The van der Waals surface area contributed by atoms with Crippen molar-refractivity contribution in [2.75, 3.05) is 12.4 Å². The molecule has 4 nitrogen and oxygen atoms in total. The predicted molar refractivity (Wildman–Crippen MR) is 128 cm³/mol. The van der Waals surface area contributed by atoms with Crippen LogP contribution in [0.25, 0.3) is 22.2 Å². The van der Waals surface area contributed by atoms with Crippen molar-refractivity contribution in [3.8, 4) is 17.0 Å². The summed E-state index contributed by atoms with van der Waals surface area (Å²) in [5.41, 5.74) is 5.32. The van der Waals surface area contributed by atoms with Crippen LogP contribution in [-0.2, 0) is 0 Å². The van der Waals surface area contributed by atoms with Gasteiger partial charge in [0.2, 0.25) is 0 Å². The second kappa shape index (κ2) is 8.58. The van der Waals surface area contributed by atoms with Gasteiger partial charge in [-0.25, -0.2) is 4.98 Å². The molecule has 6 heteroatoms. The second-order valence-corrected chi connectivity index (χ2v) is 8.18. The minimum atomic E-state index is -0.228. The van der Waals surface area contributed by atoms with Crippen LogP contribution < -0.4 is 10.1 Å². The molecule has 0 radical (unpaired) electrons. The molecular formula is C25H20Cl2N2O2. The molecule has 0 aliphatic carbocycles. The highest BCUT2D eigenvalue weighted by atomic mass is 35.5. The van der Waals surface area contributed by atoms with Crippen LogP contribution in [0, 0.1) is 13.8 Å². The lowest BCUT2D eigenvalue weighted by Crippen LogP contribution is -2.13. The van der Waals surface area contributed by atoms with Gasteiger partial charge in [0, 0.05) is 21.7 Å². The van der Waals surface area contributed by atoms with Crippen LogP contribution in [0.2, 0.25) is 10.0 Å². The fourth-order valence-corrected chi connectivity index (χ4v) is 4.08. The molecule has 3 aromatic carbocycles. The molecule has 0 fully saturated rings. The molecule has 31 heavy (non-hydrogen) atoms. The average molecular weight is 451 g/mol. The predicted octanol–water partition coefficient (Wildman–Crippen LogP) is 7.09. The monoisotopic (exact) mass is 450 g/mol. The van der Waals surface area contributed by atoms with E-state index in [-0.39, 0.29) is 5.91 Å². The van der Waals surface area contributed by atoms with E-state index in [1.54, 1.807) is 49.6 Å². The molecular weight excluding hydrogens is 431 g/mol. The standard InChI is InChI=1S/C25H20Cl2N2O2/c1-14-10-15(2)24-20(11-14)21(25(30)28-17-5-7-18(31-3)8-6-17)13-23(29-24)19-9-4-16(26)12-22(19)27/h4-13H,1-3H3,(H,28,30). The zero-order chi connectivity index (χ0) is 22.1. The molecule has 0 unspecified atom stereocenters. The van der Waals surface area contributed by atoms with Crippen LogP contribution in [0.15, 0.2) is 60.7 Å². The molecule has 0 aliphatic rings.